The van der Waals surface area contributed by atoms with Crippen molar-refractivity contribution in [2.45, 2.75) is 13.0 Å². The van der Waals surface area contributed by atoms with Gasteiger partial charge in [-0.15, -0.1) is 6.58 Å². The summed E-state index contributed by atoms with van der Waals surface area (Å²) in [5, 5.41) is 10.5. The fourth-order valence-corrected chi connectivity index (χ4v) is 0.521. The minimum absolute atomic E-state index is 0.204. The first-order valence-electron chi connectivity index (χ1n) is 3.40. The molecule has 0 rings (SSSR count). The smallest absolute Gasteiger partial charge is 0.408 e. The highest BCUT2D eigenvalue weighted by molar-refractivity contribution is 5.81. The molecule has 1 unspecified atom stereocenters. The van der Waals surface area contributed by atoms with E-state index in [4.69, 9.17) is 5.11 Å². The number of amides is 1. The van der Waals surface area contributed by atoms with E-state index in [0.717, 1.165) is 6.08 Å². The summed E-state index contributed by atoms with van der Waals surface area (Å²) in [6.45, 7) is 5.08. The van der Waals surface area contributed by atoms with E-state index in [0.29, 0.717) is 0 Å². The zero-order chi connectivity index (χ0) is 9.56. The zero-order valence-corrected chi connectivity index (χ0v) is 6.74. The third kappa shape index (κ3) is 3.60. The van der Waals surface area contributed by atoms with E-state index in [1.165, 1.54) is 0 Å². The molecule has 0 aliphatic carbocycles. The van der Waals surface area contributed by atoms with Crippen molar-refractivity contribution in [1.82, 2.24) is 5.32 Å². The molecule has 0 radical (unpaired) electrons. The molecule has 0 aromatic rings. The molecule has 2 N–H and O–H groups in total. The van der Waals surface area contributed by atoms with Gasteiger partial charge in [0.1, 0.15) is 6.04 Å². The first kappa shape index (κ1) is 10.5. The number of carbonyl (C=O) groups is 2. The number of alkyl carbamates (subject to hydrolysis) is 1. The number of aliphatic carboxylic acids is 1. The third-order valence-electron chi connectivity index (χ3n) is 1.05. The van der Waals surface area contributed by atoms with E-state index in [1.54, 1.807) is 6.92 Å². The van der Waals surface area contributed by atoms with Gasteiger partial charge in [-0.3, -0.25) is 0 Å². The van der Waals surface area contributed by atoms with Crippen LogP contribution in [0.4, 0.5) is 4.79 Å². The van der Waals surface area contributed by atoms with Crippen LogP contribution in [-0.4, -0.2) is 29.8 Å². The number of ether oxygens (including phenoxy) is 1. The van der Waals surface area contributed by atoms with Crippen LogP contribution in [-0.2, 0) is 9.53 Å². The molecule has 0 aliphatic heterocycles. The van der Waals surface area contributed by atoms with E-state index < -0.39 is 18.1 Å². The van der Waals surface area contributed by atoms with Crippen molar-refractivity contribution in [2.24, 2.45) is 0 Å². The standard InChI is InChI=1S/C7H11NO4/c1-3-5(6(9)10)8-7(11)12-4-2/h3,5H,1,4H2,2H3,(H,8,11)(H,9,10). The Bertz CT molecular complexity index is 190. The van der Waals surface area contributed by atoms with Crippen LogP contribution in [0.3, 0.4) is 0 Å². The van der Waals surface area contributed by atoms with Gasteiger partial charge in [0.05, 0.1) is 6.61 Å². The highest BCUT2D eigenvalue weighted by Gasteiger charge is 2.15. The largest absolute Gasteiger partial charge is 0.479 e. The first-order chi connectivity index (χ1) is 5.61. The molecule has 12 heavy (non-hydrogen) atoms. The number of carboxylic acids is 1. The summed E-state index contributed by atoms with van der Waals surface area (Å²) in [4.78, 5) is 21.0. The molecule has 1 atom stereocenters. The van der Waals surface area contributed by atoms with Gasteiger partial charge in [-0.1, -0.05) is 6.08 Å². The Morgan fingerprint density at radius 2 is 2.33 bits per heavy atom. The van der Waals surface area contributed by atoms with E-state index in [1.807, 2.05) is 0 Å². The SMILES string of the molecule is C=CC(NC(=O)OCC)C(=O)O. The van der Waals surface area contributed by atoms with Gasteiger partial charge in [-0.05, 0) is 6.92 Å². The molecule has 0 saturated heterocycles. The highest BCUT2D eigenvalue weighted by atomic mass is 16.5. The zero-order valence-electron chi connectivity index (χ0n) is 6.74. The van der Waals surface area contributed by atoms with Gasteiger partial charge in [0.2, 0.25) is 0 Å². The fourth-order valence-electron chi connectivity index (χ4n) is 0.521. The Kier molecular flexibility index (Phi) is 4.52. The maximum Gasteiger partial charge on any atom is 0.408 e. The predicted octanol–water partition coefficient (Wildman–Crippen LogP) is 0.372. The molecule has 0 aromatic carbocycles. The van der Waals surface area contributed by atoms with Crippen LogP contribution in [0.2, 0.25) is 0 Å². The number of hydrogen-bond donors (Lipinski definition) is 2. The van der Waals surface area contributed by atoms with Gasteiger partial charge >= 0.3 is 12.1 Å². The Morgan fingerprint density at radius 3 is 2.67 bits per heavy atom. The molecule has 0 saturated carbocycles. The Labute approximate surface area is 70.0 Å². The summed E-state index contributed by atoms with van der Waals surface area (Å²) in [5.41, 5.74) is 0. The van der Waals surface area contributed by atoms with Crippen LogP contribution in [0.5, 0.6) is 0 Å². The molecule has 68 valence electrons. The first-order valence-corrected chi connectivity index (χ1v) is 3.40. The van der Waals surface area contributed by atoms with Crippen LogP contribution in [0.1, 0.15) is 6.92 Å². The van der Waals surface area contributed by atoms with Crippen molar-refractivity contribution in [2.75, 3.05) is 6.61 Å². The molecule has 5 heteroatoms. The third-order valence-corrected chi connectivity index (χ3v) is 1.05. The van der Waals surface area contributed by atoms with Crippen molar-refractivity contribution in [3.05, 3.63) is 12.7 Å². The second kappa shape index (κ2) is 5.17. The van der Waals surface area contributed by atoms with E-state index >= 15 is 0 Å². The molecule has 1 amide bonds. The van der Waals surface area contributed by atoms with Crippen molar-refractivity contribution >= 4 is 12.1 Å². The molecule has 0 aromatic heterocycles. The molecule has 0 aliphatic rings. The molecule has 5 nitrogen and oxygen atoms in total. The van der Waals surface area contributed by atoms with Crippen LogP contribution < -0.4 is 5.32 Å². The van der Waals surface area contributed by atoms with Crippen LogP contribution in [0, 0.1) is 0 Å². The maximum atomic E-state index is 10.7. The summed E-state index contributed by atoms with van der Waals surface area (Å²) < 4.78 is 4.46. The van der Waals surface area contributed by atoms with Crippen LogP contribution in [0.25, 0.3) is 0 Å². The van der Waals surface area contributed by atoms with Gasteiger partial charge in [0, 0.05) is 0 Å². The minimum atomic E-state index is -1.17. The van der Waals surface area contributed by atoms with Crippen LogP contribution >= 0.6 is 0 Å². The molecule has 0 heterocycles. The maximum absolute atomic E-state index is 10.7. The number of hydrogen-bond acceptors (Lipinski definition) is 3. The second-order valence-corrected chi connectivity index (χ2v) is 1.92. The number of carbonyl (C=O) groups excluding carboxylic acids is 1. The summed E-state index contributed by atoms with van der Waals surface area (Å²) >= 11 is 0. The average Bonchev–Trinajstić information content (AvgIpc) is 2.00. The van der Waals surface area contributed by atoms with Crippen LogP contribution in [0.15, 0.2) is 12.7 Å². The lowest BCUT2D eigenvalue weighted by molar-refractivity contribution is -0.138. The summed E-state index contributed by atoms with van der Waals surface area (Å²) in [5.74, 6) is -1.17. The number of nitrogens with one attached hydrogen (secondary N) is 1. The molecule has 0 spiro atoms. The molecular formula is C7H11NO4. The van der Waals surface area contributed by atoms with Crippen molar-refractivity contribution in [1.29, 1.82) is 0 Å². The number of carboxylic acid groups (broad SMARTS) is 1. The molecule has 0 fully saturated rings. The molecule has 0 bridgehead atoms. The predicted molar refractivity (Wildman–Crippen MR) is 41.8 cm³/mol. The monoisotopic (exact) mass is 173 g/mol. The quantitative estimate of drug-likeness (QED) is 0.602. The van der Waals surface area contributed by atoms with E-state index in [-0.39, 0.29) is 6.61 Å². The second-order valence-electron chi connectivity index (χ2n) is 1.92. The van der Waals surface area contributed by atoms with Gasteiger partial charge in [-0.2, -0.15) is 0 Å². The van der Waals surface area contributed by atoms with Crippen molar-refractivity contribution < 1.29 is 19.4 Å². The Balaban J connectivity index is 3.94. The topological polar surface area (TPSA) is 75.6 Å². The van der Waals surface area contributed by atoms with E-state index in [2.05, 4.69) is 16.6 Å². The Morgan fingerprint density at radius 1 is 1.75 bits per heavy atom. The summed E-state index contributed by atoms with van der Waals surface area (Å²) in [7, 11) is 0. The van der Waals surface area contributed by atoms with Gasteiger partial charge in [-0.25, -0.2) is 9.59 Å². The van der Waals surface area contributed by atoms with Crippen molar-refractivity contribution in [3.63, 3.8) is 0 Å². The average molecular weight is 173 g/mol. The van der Waals surface area contributed by atoms with Gasteiger partial charge in [0.15, 0.2) is 0 Å². The lowest BCUT2D eigenvalue weighted by Gasteiger charge is -2.08. The van der Waals surface area contributed by atoms with Gasteiger partial charge in [0.25, 0.3) is 0 Å². The normalized spacial score (nSPS) is 11.4. The number of rotatable bonds is 4. The fraction of sp³-hybridized carbons (Fsp3) is 0.429. The lowest BCUT2D eigenvalue weighted by atomic mass is 10.3. The lowest BCUT2D eigenvalue weighted by Crippen LogP contribution is -2.39. The van der Waals surface area contributed by atoms with Gasteiger partial charge < -0.3 is 15.2 Å². The summed E-state index contributed by atoms with van der Waals surface area (Å²) in [6, 6.07) is -1.09. The minimum Gasteiger partial charge on any atom is -0.479 e. The van der Waals surface area contributed by atoms with E-state index in [9.17, 15) is 9.59 Å². The molecular weight excluding hydrogens is 162 g/mol. The van der Waals surface area contributed by atoms with Crippen molar-refractivity contribution in [3.8, 4) is 0 Å². The summed E-state index contributed by atoms with van der Waals surface area (Å²) in [6.07, 6.45) is 0.351. The Hall–Kier alpha value is -1.52. The highest BCUT2D eigenvalue weighted by Crippen LogP contribution is 1.86.